The van der Waals surface area contributed by atoms with Gasteiger partial charge in [0.25, 0.3) is 0 Å². The van der Waals surface area contributed by atoms with Crippen LogP contribution in [0.2, 0.25) is 0 Å². The molecule has 7 heteroatoms. The molecule has 0 saturated heterocycles. The van der Waals surface area contributed by atoms with Gasteiger partial charge in [-0.1, -0.05) is 32.9 Å². The Hall–Kier alpha value is -1.89. The van der Waals surface area contributed by atoms with E-state index in [1.165, 1.54) is 12.1 Å². The summed E-state index contributed by atoms with van der Waals surface area (Å²) in [4.78, 5) is 11.8. The van der Waals surface area contributed by atoms with Crippen LogP contribution in [0.25, 0.3) is 0 Å². The third kappa shape index (κ3) is 8.35. The fraction of sp³-hybridized carbons (Fsp3) is 0.562. The van der Waals surface area contributed by atoms with Crippen LogP contribution in [0, 0.1) is 5.41 Å². The second kappa shape index (κ2) is 8.67. The molecule has 1 atom stereocenters. The van der Waals surface area contributed by atoms with Gasteiger partial charge in [0.1, 0.15) is 5.75 Å². The minimum atomic E-state index is -2.88. The summed E-state index contributed by atoms with van der Waals surface area (Å²) in [6, 6.07) is 5.35. The van der Waals surface area contributed by atoms with Gasteiger partial charge in [-0.3, -0.25) is 0 Å². The van der Waals surface area contributed by atoms with Gasteiger partial charge in [0.2, 0.25) is 0 Å². The second-order valence-corrected chi connectivity index (χ2v) is 6.50. The third-order valence-corrected chi connectivity index (χ3v) is 2.99. The molecule has 0 bridgehead atoms. The molecule has 0 aliphatic carbocycles. The molecule has 0 spiro atoms. The highest BCUT2D eigenvalue weighted by atomic mass is 19.3. The number of benzene rings is 1. The number of rotatable bonds is 7. The van der Waals surface area contributed by atoms with Crippen LogP contribution >= 0.6 is 0 Å². The lowest BCUT2D eigenvalue weighted by Gasteiger charge is -2.25. The van der Waals surface area contributed by atoms with Gasteiger partial charge in [0.15, 0.2) is 0 Å². The van der Waals surface area contributed by atoms with E-state index in [4.69, 9.17) is 0 Å². The molecule has 5 nitrogen and oxygen atoms in total. The molecule has 2 amide bonds. The molecule has 3 N–H and O–H groups in total. The maximum Gasteiger partial charge on any atom is 0.387 e. The smallest absolute Gasteiger partial charge is 0.387 e. The summed E-state index contributed by atoms with van der Waals surface area (Å²) in [6.45, 7) is 3.18. The number of nitrogens with one attached hydrogen (secondary N) is 2. The summed E-state index contributed by atoms with van der Waals surface area (Å²) in [7, 11) is 0. The number of ether oxygens (including phenoxy) is 1. The Morgan fingerprint density at radius 3 is 2.61 bits per heavy atom. The zero-order chi connectivity index (χ0) is 17.5. The van der Waals surface area contributed by atoms with Gasteiger partial charge in [-0.2, -0.15) is 8.78 Å². The number of aliphatic hydroxyl groups is 1. The van der Waals surface area contributed by atoms with Crippen molar-refractivity contribution in [3.05, 3.63) is 29.8 Å². The number of halogens is 2. The number of aliphatic hydroxyl groups excluding tert-OH is 1. The van der Waals surface area contributed by atoms with Crippen LogP contribution in [-0.2, 0) is 6.54 Å². The molecule has 0 aliphatic rings. The number of carbonyl (C=O) groups excluding carboxylic acids is 1. The Morgan fingerprint density at radius 2 is 2.04 bits per heavy atom. The number of amides is 2. The Balaban J connectivity index is 2.49. The monoisotopic (exact) mass is 330 g/mol. The van der Waals surface area contributed by atoms with Crippen molar-refractivity contribution in [1.82, 2.24) is 10.6 Å². The molecule has 1 rings (SSSR count). The molecule has 1 unspecified atom stereocenters. The summed E-state index contributed by atoms with van der Waals surface area (Å²) in [5, 5.41) is 14.6. The van der Waals surface area contributed by atoms with Crippen LogP contribution in [0.4, 0.5) is 13.6 Å². The molecule has 1 aromatic rings. The van der Waals surface area contributed by atoms with Crippen LogP contribution in [0.3, 0.4) is 0 Å². The van der Waals surface area contributed by atoms with Gasteiger partial charge in [-0.15, -0.1) is 0 Å². The molecule has 0 saturated carbocycles. The minimum Gasteiger partial charge on any atom is -0.435 e. The summed E-state index contributed by atoms with van der Waals surface area (Å²) >= 11 is 0. The number of carbonyl (C=O) groups is 1. The average Bonchev–Trinajstić information content (AvgIpc) is 2.42. The predicted octanol–water partition coefficient (Wildman–Crippen LogP) is 2.88. The van der Waals surface area contributed by atoms with Gasteiger partial charge in [0, 0.05) is 6.54 Å². The maximum absolute atomic E-state index is 12.2. The van der Waals surface area contributed by atoms with Crippen molar-refractivity contribution in [3.8, 4) is 5.75 Å². The van der Waals surface area contributed by atoms with Gasteiger partial charge in [0.05, 0.1) is 12.6 Å². The van der Waals surface area contributed by atoms with E-state index < -0.39 is 12.6 Å². The quantitative estimate of drug-likeness (QED) is 0.720. The van der Waals surface area contributed by atoms with Crippen molar-refractivity contribution >= 4 is 6.03 Å². The van der Waals surface area contributed by atoms with Gasteiger partial charge >= 0.3 is 12.6 Å². The highest BCUT2D eigenvalue weighted by Crippen LogP contribution is 2.20. The number of urea groups is 1. The third-order valence-electron chi connectivity index (χ3n) is 2.99. The van der Waals surface area contributed by atoms with Crippen LogP contribution < -0.4 is 15.4 Å². The van der Waals surface area contributed by atoms with Crippen molar-refractivity contribution in [1.29, 1.82) is 0 Å². The Bertz CT molecular complexity index is 504. The van der Waals surface area contributed by atoms with Gasteiger partial charge in [-0.25, -0.2) is 4.79 Å². The fourth-order valence-electron chi connectivity index (χ4n) is 2.15. The van der Waals surface area contributed by atoms with Crippen molar-refractivity contribution < 1.29 is 23.4 Å². The van der Waals surface area contributed by atoms with E-state index in [1.54, 1.807) is 12.1 Å². The molecule has 1 aromatic carbocycles. The zero-order valence-electron chi connectivity index (χ0n) is 13.6. The maximum atomic E-state index is 12.2. The first-order chi connectivity index (χ1) is 10.7. The first-order valence-electron chi connectivity index (χ1n) is 7.38. The molecule has 130 valence electrons. The van der Waals surface area contributed by atoms with E-state index in [0.717, 1.165) is 0 Å². The molecular weight excluding hydrogens is 306 g/mol. The Labute approximate surface area is 135 Å². The Kier molecular flexibility index (Phi) is 7.22. The van der Waals surface area contributed by atoms with Crippen LogP contribution in [0.15, 0.2) is 24.3 Å². The predicted molar refractivity (Wildman–Crippen MR) is 83.4 cm³/mol. The van der Waals surface area contributed by atoms with E-state index in [1.807, 2.05) is 20.8 Å². The largest absolute Gasteiger partial charge is 0.435 e. The first kappa shape index (κ1) is 19.2. The molecule has 0 aromatic heterocycles. The van der Waals surface area contributed by atoms with Crippen molar-refractivity contribution in [2.45, 2.75) is 46.4 Å². The van der Waals surface area contributed by atoms with E-state index in [0.29, 0.717) is 12.0 Å². The number of hydrogen-bond donors (Lipinski definition) is 3. The lowest BCUT2D eigenvalue weighted by Crippen LogP contribution is -2.45. The second-order valence-electron chi connectivity index (χ2n) is 6.50. The summed E-state index contributed by atoms with van der Waals surface area (Å²) in [6.07, 6.45) is 0.634. The average molecular weight is 330 g/mol. The summed E-state index contributed by atoms with van der Waals surface area (Å²) < 4.78 is 28.6. The molecular formula is C16H24F2N2O3. The lowest BCUT2D eigenvalue weighted by atomic mass is 9.88. The van der Waals surface area contributed by atoms with Gasteiger partial charge < -0.3 is 20.5 Å². The van der Waals surface area contributed by atoms with E-state index in [2.05, 4.69) is 15.4 Å². The van der Waals surface area contributed by atoms with Crippen molar-refractivity contribution in [2.75, 3.05) is 6.61 Å². The topological polar surface area (TPSA) is 70.6 Å². The van der Waals surface area contributed by atoms with E-state index in [9.17, 15) is 18.7 Å². The first-order valence-corrected chi connectivity index (χ1v) is 7.38. The lowest BCUT2D eigenvalue weighted by molar-refractivity contribution is -0.0498. The van der Waals surface area contributed by atoms with E-state index in [-0.39, 0.29) is 30.4 Å². The van der Waals surface area contributed by atoms with E-state index >= 15 is 0 Å². The minimum absolute atomic E-state index is 0.0262. The fourth-order valence-corrected chi connectivity index (χ4v) is 2.15. The molecule has 0 fully saturated rings. The normalized spacial score (nSPS) is 12.8. The van der Waals surface area contributed by atoms with Crippen LogP contribution in [-0.4, -0.2) is 30.4 Å². The van der Waals surface area contributed by atoms with Crippen LogP contribution in [0.5, 0.6) is 5.75 Å². The standard InChI is InChI=1S/C16H24F2N2O3/c1-16(2,3)8-12(10-21)20-15(22)19-9-11-5-4-6-13(7-11)23-14(17)18/h4-7,12,14,21H,8-10H2,1-3H3,(H2,19,20,22). The SMILES string of the molecule is CC(C)(C)CC(CO)NC(=O)NCc1cccc(OC(F)F)c1. The highest BCUT2D eigenvalue weighted by Gasteiger charge is 2.19. The highest BCUT2D eigenvalue weighted by molar-refractivity contribution is 5.74. The summed E-state index contributed by atoms with van der Waals surface area (Å²) in [5.41, 5.74) is 0.608. The number of alkyl halides is 2. The van der Waals surface area contributed by atoms with Crippen molar-refractivity contribution in [2.24, 2.45) is 5.41 Å². The molecule has 0 heterocycles. The molecule has 23 heavy (non-hydrogen) atoms. The number of hydrogen-bond acceptors (Lipinski definition) is 3. The zero-order valence-corrected chi connectivity index (χ0v) is 13.6. The van der Waals surface area contributed by atoms with Crippen LogP contribution in [0.1, 0.15) is 32.8 Å². The summed E-state index contributed by atoms with van der Waals surface area (Å²) in [5.74, 6) is 0.0423. The van der Waals surface area contributed by atoms with Gasteiger partial charge in [-0.05, 0) is 29.5 Å². The molecule has 0 radical (unpaired) electrons. The molecule has 0 aliphatic heterocycles. The Morgan fingerprint density at radius 1 is 1.35 bits per heavy atom. The van der Waals surface area contributed by atoms with Crippen molar-refractivity contribution in [3.63, 3.8) is 0 Å².